The number of carbonyl (C=O) groups is 1. The molecule has 0 amide bonds. The fourth-order valence-electron chi connectivity index (χ4n) is 1.27. The highest BCUT2D eigenvalue weighted by Gasteiger charge is 2.24. The van der Waals surface area contributed by atoms with Crippen molar-refractivity contribution in [3.8, 4) is 6.19 Å². The third kappa shape index (κ3) is 1.84. The van der Waals surface area contributed by atoms with Gasteiger partial charge in [-0.15, -0.1) is 0 Å². The molecule has 0 aromatic rings. The van der Waals surface area contributed by atoms with E-state index in [0.29, 0.717) is 19.5 Å². The van der Waals surface area contributed by atoms with Gasteiger partial charge in [0.25, 0.3) is 0 Å². The maximum atomic E-state index is 10.5. The average Bonchev–Trinajstić information content (AvgIpc) is 2.05. The van der Waals surface area contributed by atoms with Crippen LogP contribution in [0.15, 0.2) is 0 Å². The van der Waals surface area contributed by atoms with E-state index in [2.05, 4.69) is 0 Å². The number of likely N-dealkylation sites (tertiary alicyclic amines) is 1. The molecule has 1 aliphatic heterocycles. The Kier molecular flexibility index (Phi) is 2.32. The van der Waals surface area contributed by atoms with Crippen LogP contribution in [0.25, 0.3) is 0 Å². The Morgan fingerprint density at radius 2 is 2.45 bits per heavy atom. The molecule has 4 nitrogen and oxygen atoms in total. The molecule has 1 atom stereocenters. The first kappa shape index (κ1) is 7.86. The van der Waals surface area contributed by atoms with E-state index < -0.39 is 5.97 Å². The Morgan fingerprint density at radius 1 is 1.73 bits per heavy atom. The van der Waals surface area contributed by atoms with Gasteiger partial charge in [0.2, 0.25) is 0 Å². The van der Waals surface area contributed by atoms with Crippen molar-refractivity contribution in [3.63, 3.8) is 0 Å². The quantitative estimate of drug-likeness (QED) is 0.550. The Bertz CT molecular complexity index is 197. The van der Waals surface area contributed by atoms with Crippen molar-refractivity contribution in [3.05, 3.63) is 0 Å². The topological polar surface area (TPSA) is 64.3 Å². The Hall–Kier alpha value is -1.24. The Labute approximate surface area is 65.0 Å². The van der Waals surface area contributed by atoms with Gasteiger partial charge in [-0.1, -0.05) is 0 Å². The van der Waals surface area contributed by atoms with Crippen LogP contribution in [0.1, 0.15) is 12.8 Å². The molecule has 0 radical (unpaired) electrons. The normalized spacial score (nSPS) is 24.3. The van der Waals surface area contributed by atoms with Gasteiger partial charge in [-0.2, -0.15) is 5.26 Å². The van der Waals surface area contributed by atoms with Gasteiger partial charge in [-0.05, 0) is 12.8 Å². The van der Waals surface area contributed by atoms with E-state index >= 15 is 0 Å². The zero-order valence-corrected chi connectivity index (χ0v) is 6.16. The van der Waals surface area contributed by atoms with Gasteiger partial charge < -0.3 is 10.0 Å². The van der Waals surface area contributed by atoms with Crippen LogP contribution in [-0.4, -0.2) is 29.1 Å². The number of aliphatic carboxylic acids is 1. The second-order valence-electron chi connectivity index (χ2n) is 2.72. The van der Waals surface area contributed by atoms with Crippen LogP contribution in [0.2, 0.25) is 0 Å². The van der Waals surface area contributed by atoms with Crippen LogP contribution in [0.3, 0.4) is 0 Å². The third-order valence-electron chi connectivity index (χ3n) is 1.91. The van der Waals surface area contributed by atoms with Crippen molar-refractivity contribution < 1.29 is 9.90 Å². The second kappa shape index (κ2) is 3.24. The highest BCUT2D eigenvalue weighted by atomic mass is 16.4. The Balaban J connectivity index is 2.47. The van der Waals surface area contributed by atoms with Gasteiger partial charge in [0.05, 0.1) is 5.92 Å². The first-order valence-corrected chi connectivity index (χ1v) is 3.61. The summed E-state index contributed by atoms with van der Waals surface area (Å²) in [5.74, 6) is -1.13. The monoisotopic (exact) mass is 154 g/mol. The van der Waals surface area contributed by atoms with Gasteiger partial charge in [0, 0.05) is 13.1 Å². The minimum Gasteiger partial charge on any atom is -0.481 e. The number of nitrogens with zero attached hydrogens (tertiary/aromatic N) is 2. The molecule has 0 saturated carbocycles. The highest BCUT2D eigenvalue weighted by Crippen LogP contribution is 2.15. The predicted molar refractivity (Wildman–Crippen MR) is 37.5 cm³/mol. The lowest BCUT2D eigenvalue weighted by molar-refractivity contribution is -0.143. The molecule has 11 heavy (non-hydrogen) atoms. The summed E-state index contributed by atoms with van der Waals surface area (Å²) in [5, 5.41) is 17.1. The van der Waals surface area contributed by atoms with Gasteiger partial charge in [0.1, 0.15) is 0 Å². The van der Waals surface area contributed by atoms with Gasteiger partial charge >= 0.3 is 5.97 Å². The lowest BCUT2D eigenvalue weighted by Gasteiger charge is -2.25. The van der Waals surface area contributed by atoms with E-state index in [1.165, 1.54) is 4.90 Å². The highest BCUT2D eigenvalue weighted by molar-refractivity contribution is 5.70. The van der Waals surface area contributed by atoms with Crippen molar-refractivity contribution in [1.82, 2.24) is 4.90 Å². The first-order chi connectivity index (χ1) is 5.24. The third-order valence-corrected chi connectivity index (χ3v) is 1.91. The van der Waals surface area contributed by atoms with Crippen LogP contribution in [0.5, 0.6) is 0 Å². The minimum absolute atomic E-state index is 0.344. The second-order valence-corrected chi connectivity index (χ2v) is 2.72. The molecule has 60 valence electrons. The van der Waals surface area contributed by atoms with E-state index in [-0.39, 0.29) is 5.92 Å². The molecule has 1 N–H and O–H groups in total. The molecule has 0 aromatic carbocycles. The fraction of sp³-hybridized carbons (Fsp3) is 0.714. The van der Waals surface area contributed by atoms with E-state index in [1.807, 2.05) is 6.19 Å². The van der Waals surface area contributed by atoms with Crippen molar-refractivity contribution in [2.75, 3.05) is 13.1 Å². The lowest BCUT2D eigenvalue weighted by Crippen LogP contribution is -2.35. The summed E-state index contributed by atoms with van der Waals surface area (Å²) >= 11 is 0. The summed E-state index contributed by atoms with van der Waals surface area (Å²) in [6.45, 7) is 1.09. The Morgan fingerprint density at radius 3 is 3.00 bits per heavy atom. The maximum absolute atomic E-state index is 10.5. The molecule has 1 heterocycles. The van der Waals surface area contributed by atoms with Crippen LogP contribution >= 0.6 is 0 Å². The van der Waals surface area contributed by atoms with Crippen LogP contribution in [0.4, 0.5) is 0 Å². The zero-order valence-electron chi connectivity index (χ0n) is 6.16. The SMILES string of the molecule is N#CN1CCCC(C(=O)O)C1. The van der Waals surface area contributed by atoms with E-state index in [0.717, 1.165) is 6.42 Å². The summed E-state index contributed by atoms with van der Waals surface area (Å²) in [7, 11) is 0. The van der Waals surface area contributed by atoms with Crippen molar-refractivity contribution in [2.24, 2.45) is 5.92 Å². The largest absolute Gasteiger partial charge is 0.481 e. The maximum Gasteiger partial charge on any atom is 0.308 e. The number of piperidine rings is 1. The first-order valence-electron chi connectivity index (χ1n) is 3.61. The number of carboxylic acids is 1. The average molecular weight is 154 g/mol. The molecular formula is C7H10N2O2. The van der Waals surface area contributed by atoms with Crippen LogP contribution in [-0.2, 0) is 4.79 Å². The number of carboxylic acid groups (broad SMARTS) is 1. The molecule has 1 aliphatic rings. The minimum atomic E-state index is -0.787. The van der Waals surface area contributed by atoms with Crippen molar-refractivity contribution >= 4 is 5.97 Å². The van der Waals surface area contributed by atoms with Crippen molar-refractivity contribution in [2.45, 2.75) is 12.8 Å². The fourth-order valence-corrected chi connectivity index (χ4v) is 1.27. The summed E-state index contributed by atoms with van der Waals surface area (Å²) in [6.07, 6.45) is 3.47. The molecule has 1 unspecified atom stereocenters. The van der Waals surface area contributed by atoms with Gasteiger partial charge in [-0.3, -0.25) is 4.79 Å². The number of nitriles is 1. The van der Waals surface area contributed by atoms with Crippen molar-refractivity contribution in [1.29, 1.82) is 5.26 Å². The standard InChI is InChI=1S/C7H10N2O2/c8-5-9-3-1-2-6(4-9)7(10)11/h6H,1-4H2,(H,10,11). The van der Waals surface area contributed by atoms with Crippen LogP contribution < -0.4 is 0 Å². The number of rotatable bonds is 1. The molecule has 0 bridgehead atoms. The summed E-state index contributed by atoms with van der Waals surface area (Å²) in [4.78, 5) is 12.0. The van der Waals surface area contributed by atoms with Gasteiger partial charge in [0.15, 0.2) is 6.19 Å². The smallest absolute Gasteiger partial charge is 0.308 e. The molecule has 0 aromatic heterocycles. The van der Waals surface area contributed by atoms with E-state index in [4.69, 9.17) is 10.4 Å². The molecule has 1 fully saturated rings. The number of hydrogen-bond donors (Lipinski definition) is 1. The molecule has 1 saturated heterocycles. The summed E-state index contributed by atoms with van der Waals surface area (Å²) < 4.78 is 0. The van der Waals surface area contributed by atoms with E-state index in [1.54, 1.807) is 0 Å². The number of hydrogen-bond acceptors (Lipinski definition) is 3. The van der Waals surface area contributed by atoms with E-state index in [9.17, 15) is 4.79 Å². The lowest BCUT2D eigenvalue weighted by atomic mass is 9.99. The summed E-state index contributed by atoms with van der Waals surface area (Å²) in [6, 6.07) is 0. The molecular weight excluding hydrogens is 144 g/mol. The summed E-state index contributed by atoms with van der Waals surface area (Å²) in [5.41, 5.74) is 0. The van der Waals surface area contributed by atoms with Crippen LogP contribution in [0, 0.1) is 17.4 Å². The molecule has 0 aliphatic carbocycles. The molecule has 1 rings (SSSR count). The zero-order chi connectivity index (χ0) is 8.27. The molecule has 0 spiro atoms. The molecule has 4 heteroatoms. The predicted octanol–water partition coefficient (Wildman–Crippen LogP) is 0.264. The van der Waals surface area contributed by atoms with Gasteiger partial charge in [-0.25, -0.2) is 0 Å².